The lowest BCUT2D eigenvalue weighted by atomic mass is 10.1. The fraction of sp³-hybridized carbons (Fsp3) is 0.300. The van der Waals surface area contributed by atoms with E-state index < -0.39 is 0 Å². The maximum absolute atomic E-state index is 8.94. The molecule has 66 valence electrons. The molecule has 0 radical (unpaired) electrons. The molecule has 2 N–H and O–H groups in total. The second-order valence-electron chi connectivity index (χ2n) is 3.21. The number of nitrogens with one attached hydrogen (secondary N) is 1. The molecule has 3 nitrogen and oxygen atoms in total. The van der Waals surface area contributed by atoms with E-state index in [0.29, 0.717) is 5.56 Å². The maximum atomic E-state index is 8.94. The molecule has 0 aromatic heterocycles. The normalized spacial score (nSPS) is 18.9. The molecular formula is C10H10N2O. The van der Waals surface area contributed by atoms with Crippen LogP contribution in [0.2, 0.25) is 0 Å². The molecule has 2 rings (SSSR count). The number of anilines is 1. The molecular weight excluding hydrogens is 164 g/mol. The van der Waals surface area contributed by atoms with Crippen LogP contribution in [0.1, 0.15) is 11.1 Å². The number of nitrogens with zero attached hydrogens (tertiary/aromatic N) is 1. The molecule has 1 heterocycles. The molecule has 0 saturated heterocycles. The van der Waals surface area contributed by atoms with Crippen LogP contribution in [-0.2, 0) is 6.42 Å². The van der Waals surface area contributed by atoms with Gasteiger partial charge in [0.25, 0.3) is 0 Å². The summed E-state index contributed by atoms with van der Waals surface area (Å²) in [5.41, 5.74) is 2.84. The highest BCUT2D eigenvalue weighted by atomic mass is 16.3. The van der Waals surface area contributed by atoms with Crippen molar-refractivity contribution in [3.8, 4) is 6.07 Å². The van der Waals surface area contributed by atoms with Crippen molar-refractivity contribution >= 4 is 5.69 Å². The molecule has 0 bridgehead atoms. The smallest absolute Gasteiger partial charge is 0.0991 e. The highest BCUT2D eigenvalue weighted by Crippen LogP contribution is 2.26. The van der Waals surface area contributed by atoms with E-state index in [1.54, 1.807) is 6.07 Å². The van der Waals surface area contributed by atoms with E-state index in [4.69, 9.17) is 10.4 Å². The summed E-state index contributed by atoms with van der Waals surface area (Å²) in [6.07, 6.45) is 0.807. The van der Waals surface area contributed by atoms with Crippen LogP contribution in [0.4, 0.5) is 5.69 Å². The molecule has 13 heavy (non-hydrogen) atoms. The SMILES string of the molecule is N#Cc1ccc2c(c1)C[C@H](CO)N2. The predicted molar refractivity (Wildman–Crippen MR) is 49.4 cm³/mol. The van der Waals surface area contributed by atoms with Gasteiger partial charge in [0, 0.05) is 5.69 Å². The first kappa shape index (κ1) is 8.09. The second kappa shape index (κ2) is 3.08. The van der Waals surface area contributed by atoms with Crippen LogP contribution in [0.15, 0.2) is 18.2 Å². The van der Waals surface area contributed by atoms with Crippen LogP contribution in [0.5, 0.6) is 0 Å². The summed E-state index contributed by atoms with van der Waals surface area (Å²) in [6, 6.07) is 7.76. The standard InChI is InChI=1S/C10H10N2O/c11-5-7-1-2-10-8(3-7)4-9(6-13)12-10/h1-3,9,12-13H,4,6H2/t9-/m1/s1. The van der Waals surface area contributed by atoms with E-state index in [1.165, 1.54) is 0 Å². The molecule has 0 spiro atoms. The van der Waals surface area contributed by atoms with Gasteiger partial charge in [0.2, 0.25) is 0 Å². The third-order valence-electron chi connectivity index (χ3n) is 2.28. The summed E-state index contributed by atoms with van der Waals surface area (Å²) in [5, 5.41) is 20.8. The summed E-state index contributed by atoms with van der Waals surface area (Å²) >= 11 is 0. The van der Waals surface area contributed by atoms with Gasteiger partial charge in [-0.2, -0.15) is 5.26 Å². The van der Waals surface area contributed by atoms with Crippen LogP contribution in [0.25, 0.3) is 0 Å². The monoisotopic (exact) mass is 174 g/mol. The molecule has 1 aromatic rings. The van der Waals surface area contributed by atoms with Crippen molar-refractivity contribution in [3.63, 3.8) is 0 Å². The van der Waals surface area contributed by atoms with Crippen molar-refractivity contribution in [2.45, 2.75) is 12.5 Å². The van der Waals surface area contributed by atoms with E-state index in [-0.39, 0.29) is 12.6 Å². The first-order valence-electron chi connectivity index (χ1n) is 4.24. The van der Waals surface area contributed by atoms with Crippen molar-refractivity contribution < 1.29 is 5.11 Å². The van der Waals surface area contributed by atoms with Gasteiger partial charge in [-0.1, -0.05) is 0 Å². The number of hydrogen-bond donors (Lipinski definition) is 2. The quantitative estimate of drug-likeness (QED) is 0.664. The molecule has 3 heteroatoms. The van der Waals surface area contributed by atoms with E-state index in [0.717, 1.165) is 17.7 Å². The van der Waals surface area contributed by atoms with Crippen molar-refractivity contribution in [2.75, 3.05) is 11.9 Å². The zero-order valence-corrected chi connectivity index (χ0v) is 7.12. The Kier molecular flexibility index (Phi) is 1.91. The summed E-state index contributed by atoms with van der Waals surface area (Å²) in [4.78, 5) is 0. The van der Waals surface area contributed by atoms with Crippen molar-refractivity contribution in [1.29, 1.82) is 5.26 Å². The maximum Gasteiger partial charge on any atom is 0.0991 e. The number of aliphatic hydroxyl groups is 1. The lowest BCUT2D eigenvalue weighted by molar-refractivity contribution is 0.277. The van der Waals surface area contributed by atoms with E-state index in [1.807, 2.05) is 12.1 Å². The Bertz CT molecular complexity index is 368. The van der Waals surface area contributed by atoms with Gasteiger partial charge in [-0.15, -0.1) is 0 Å². The third-order valence-corrected chi connectivity index (χ3v) is 2.28. The molecule has 0 amide bonds. The van der Waals surface area contributed by atoms with Gasteiger partial charge in [0.05, 0.1) is 24.3 Å². The predicted octanol–water partition coefficient (Wildman–Crippen LogP) is 0.887. The van der Waals surface area contributed by atoms with Gasteiger partial charge in [-0.3, -0.25) is 0 Å². The molecule has 0 saturated carbocycles. The van der Waals surface area contributed by atoms with Gasteiger partial charge in [-0.25, -0.2) is 0 Å². The highest BCUT2D eigenvalue weighted by Gasteiger charge is 2.19. The van der Waals surface area contributed by atoms with E-state index in [9.17, 15) is 0 Å². The number of benzene rings is 1. The van der Waals surface area contributed by atoms with Crippen molar-refractivity contribution in [3.05, 3.63) is 29.3 Å². The molecule has 0 aliphatic carbocycles. The Morgan fingerprint density at radius 1 is 1.62 bits per heavy atom. The number of rotatable bonds is 1. The van der Waals surface area contributed by atoms with Crippen LogP contribution in [-0.4, -0.2) is 17.8 Å². The lowest BCUT2D eigenvalue weighted by Gasteiger charge is -2.04. The molecule has 1 aliphatic heterocycles. The Labute approximate surface area is 76.6 Å². The Balaban J connectivity index is 2.32. The Morgan fingerprint density at radius 3 is 3.15 bits per heavy atom. The summed E-state index contributed by atoms with van der Waals surface area (Å²) < 4.78 is 0. The summed E-state index contributed by atoms with van der Waals surface area (Å²) in [7, 11) is 0. The van der Waals surface area contributed by atoms with Crippen LogP contribution >= 0.6 is 0 Å². The average Bonchev–Trinajstić information content (AvgIpc) is 2.58. The van der Waals surface area contributed by atoms with Crippen molar-refractivity contribution in [2.24, 2.45) is 0 Å². The van der Waals surface area contributed by atoms with Crippen molar-refractivity contribution in [1.82, 2.24) is 0 Å². The first-order valence-corrected chi connectivity index (χ1v) is 4.24. The van der Waals surface area contributed by atoms with Crippen LogP contribution < -0.4 is 5.32 Å². The number of nitriles is 1. The highest BCUT2D eigenvalue weighted by molar-refractivity contribution is 5.59. The fourth-order valence-corrected chi connectivity index (χ4v) is 1.62. The lowest BCUT2D eigenvalue weighted by Crippen LogP contribution is -2.19. The van der Waals surface area contributed by atoms with Crippen LogP contribution in [0, 0.1) is 11.3 Å². The molecule has 0 fully saturated rings. The van der Waals surface area contributed by atoms with Gasteiger partial charge < -0.3 is 10.4 Å². The molecule has 1 aliphatic rings. The average molecular weight is 174 g/mol. The summed E-state index contributed by atoms with van der Waals surface area (Å²) in [5.74, 6) is 0. The Hall–Kier alpha value is -1.53. The topological polar surface area (TPSA) is 56.0 Å². The number of fused-ring (bicyclic) bond motifs is 1. The summed E-state index contributed by atoms with van der Waals surface area (Å²) in [6.45, 7) is 0.135. The van der Waals surface area contributed by atoms with Gasteiger partial charge >= 0.3 is 0 Å². The largest absolute Gasteiger partial charge is 0.394 e. The molecule has 1 aromatic carbocycles. The second-order valence-corrected chi connectivity index (χ2v) is 3.21. The van der Waals surface area contributed by atoms with Gasteiger partial charge in [-0.05, 0) is 30.2 Å². The zero-order valence-electron chi connectivity index (χ0n) is 7.12. The van der Waals surface area contributed by atoms with Gasteiger partial charge in [0.15, 0.2) is 0 Å². The Morgan fingerprint density at radius 2 is 2.46 bits per heavy atom. The van der Waals surface area contributed by atoms with Crippen LogP contribution in [0.3, 0.4) is 0 Å². The van der Waals surface area contributed by atoms with E-state index >= 15 is 0 Å². The zero-order chi connectivity index (χ0) is 9.26. The minimum absolute atomic E-state index is 0.115. The van der Waals surface area contributed by atoms with E-state index in [2.05, 4.69) is 11.4 Å². The first-order chi connectivity index (χ1) is 6.33. The molecule has 0 unspecified atom stereocenters. The number of hydrogen-bond acceptors (Lipinski definition) is 3. The minimum atomic E-state index is 0.115. The molecule has 1 atom stereocenters. The minimum Gasteiger partial charge on any atom is -0.394 e. The number of aliphatic hydroxyl groups excluding tert-OH is 1. The fourth-order valence-electron chi connectivity index (χ4n) is 1.62. The van der Waals surface area contributed by atoms with Gasteiger partial charge in [0.1, 0.15) is 0 Å². The third kappa shape index (κ3) is 1.36.